The number of rotatable bonds is 5. The van der Waals surface area contributed by atoms with Gasteiger partial charge in [-0.15, -0.1) is 0 Å². The Bertz CT molecular complexity index is 1310. The minimum Gasteiger partial charge on any atom is -0.346 e. The van der Waals surface area contributed by atoms with Gasteiger partial charge in [0.05, 0.1) is 41.5 Å². The molecular weight excluding hydrogens is 378 g/mol. The van der Waals surface area contributed by atoms with Crippen LogP contribution in [0.3, 0.4) is 0 Å². The number of hydrogen-bond acceptors (Lipinski definition) is 5. The van der Waals surface area contributed by atoms with Crippen molar-refractivity contribution >= 4 is 16.7 Å². The number of aromatic nitrogens is 3. The Kier molecular flexibility index (Phi) is 5.31. The Morgan fingerprint density at radius 3 is 2.43 bits per heavy atom. The lowest BCUT2D eigenvalue weighted by Gasteiger charge is -2.12. The van der Waals surface area contributed by atoms with E-state index < -0.39 is 0 Å². The molecule has 0 aliphatic rings. The smallest absolute Gasteiger partial charge is 0.275 e. The summed E-state index contributed by atoms with van der Waals surface area (Å²) in [6, 6.07) is 21.1. The molecule has 30 heavy (non-hydrogen) atoms. The van der Waals surface area contributed by atoms with Gasteiger partial charge < -0.3 is 5.32 Å². The first kappa shape index (κ1) is 19.0. The van der Waals surface area contributed by atoms with Gasteiger partial charge in [-0.05, 0) is 42.5 Å². The molecule has 1 amide bonds. The van der Waals surface area contributed by atoms with Crippen LogP contribution in [0.1, 0.15) is 27.3 Å². The van der Waals surface area contributed by atoms with Crippen molar-refractivity contribution in [3.05, 3.63) is 106 Å². The van der Waals surface area contributed by atoms with Crippen molar-refractivity contribution < 1.29 is 4.79 Å². The van der Waals surface area contributed by atoms with E-state index in [0.717, 1.165) is 5.69 Å². The van der Waals surface area contributed by atoms with Crippen LogP contribution in [0.25, 0.3) is 10.8 Å². The molecule has 0 fully saturated rings. The molecular formula is C23H17N5O2. The normalized spacial score (nSPS) is 10.5. The van der Waals surface area contributed by atoms with E-state index in [1.54, 1.807) is 42.6 Å². The first-order chi connectivity index (χ1) is 14.7. The highest BCUT2D eigenvalue weighted by molar-refractivity contribution is 5.94. The molecule has 0 saturated carbocycles. The number of carbonyl (C=O) groups is 1. The molecule has 4 rings (SSSR count). The summed E-state index contributed by atoms with van der Waals surface area (Å²) >= 11 is 0. The number of amides is 1. The number of nitrogens with one attached hydrogen (secondary N) is 1. The number of carbonyl (C=O) groups excluding carboxylic acids is 1. The van der Waals surface area contributed by atoms with Crippen LogP contribution in [0.15, 0.2) is 77.7 Å². The molecule has 0 unspecified atom stereocenters. The number of benzene rings is 2. The van der Waals surface area contributed by atoms with Crippen molar-refractivity contribution in [2.75, 3.05) is 0 Å². The molecule has 146 valence electrons. The van der Waals surface area contributed by atoms with Crippen LogP contribution < -0.4 is 10.9 Å². The second-order valence-corrected chi connectivity index (χ2v) is 6.65. The van der Waals surface area contributed by atoms with Crippen molar-refractivity contribution in [3.8, 4) is 6.07 Å². The molecule has 0 spiro atoms. The maximum atomic E-state index is 12.9. The molecule has 7 heteroatoms. The lowest BCUT2D eigenvalue weighted by atomic mass is 10.1. The van der Waals surface area contributed by atoms with Gasteiger partial charge in [0.1, 0.15) is 0 Å². The first-order valence-electron chi connectivity index (χ1n) is 9.33. The summed E-state index contributed by atoms with van der Waals surface area (Å²) in [5, 5.41) is 17.4. The van der Waals surface area contributed by atoms with Crippen molar-refractivity contribution in [1.82, 2.24) is 20.1 Å². The van der Waals surface area contributed by atoms with Crippen LogP contribution >= 0.6 is 0 Å². The van der Waals surface area contributed by atoms with Gasteiger partial charge in [0.2, 0.25) is 0 Å². The lowest BCUT2D eigenvalue weighted by Crippen LogP contribution is -2.29. The summed E-state index contributed by atoms with van der Waals surface area (Å²) in [4.78, 5) is 29.6. The van der Waals surface area contributed by atoms with Gasteiger partial charge in [-0.25, -0.2) is 4.68 Å². The third-order valence-corrected chi connectivity index (χ3v) is 4.67. The zero-order valence-corrected chi connectivity index (χ0v) is 15.9. The maximum absolute atomic E-state index is 12.9. The van der Waals surface area contributed by atoms with Gasteiger partial charge in [0, 0.05) is 17.1 Å². The van der Waals surface area contributed by atoms with Crippen molar-refractivity contribution in [2.45, 2.75) is 13.1 Å². The highest BCUT2D eigenvalue weighted by atomic mass is 16.1. The van der Waals surface area contributed by atoms with Crippen LogP contribution in [0, 0.1) is 11.3 Å². The Hall–Kier alpha value is -4.31. The van der Waals surface area contributed by atoms with E-state index in [9.17, 15) is 9.59 Å². The Morgan fingerprint density at radius 2 is 1.73 bits per heavy atom. The SMILES string of the molecule is N#Cc1ccc(C(=O)NCc2nn(Cc3ccccn3)c(=O)c3ccccc23)cc1. The number of fused-ring (bicyclic) bond motifs is 1. The highest BCUT2D eigenvalue weighted by Gasteiger charge is 2.13. The fourth-order valence-electron chi connectivity index (χ4n) is 3.15. The monoisotopic (exact) mass is 395 g/mol. The summed E-state index contributed by atoms with van der Waals surface area (Å²) in [6.07, 6.45) is 1.67. The van der Waals surface area contributed by atoms with E-state index in [2.05, 4.69) is 15.4 Å². The maximum Gasteiger partial charge on any atom is 0.275 e. The minimum atomic E-state index is -0.284. The zero-order chi connectivity index (χ0) is 20.9. The second kappa shape index (κ2) is 8.37. The van der Waals surface area contributed by atoms with Crippen molar-refractivity contribution in [3.63, 3.8) is 0 Å². The van der Waals surface area contributed by atoms with Crippen LogP contribution in [-0.2, 0) is 13.1 Å². The molecule has 0 atom stereocenters. The number of nitriles is 1. The van der Waals surface area contributed by atoms with Crippen molar-refractivity contribution in [2.24, 2.45) is 0 Å². The average molecular weight is 395 g/mol. The fourth-order valence-corrected chi connectivity index (χ4v) is 3.15. The Morgan fingerprint density at radius 1 is 1.00 bits per heavy atom. The summed E-state index contributed by atoms with van der Waals surface area (Å²) in [7, 11) is 0. The largest absolute Gasteiger partial charge is 0.346 e. The third kappa shape index (κ3) is 3.93. The van der Waals surface area contributed by atoms with Crippen LogP contribution in [0.5, 0.6) is 0 Å². The van der Waals surface area contributed by atoms with Gasteiger partial charge in [-0.1, -0.05) is 24.3 Å². The topological polar surface area (TPSA) is 101 Å². The summed E-state index contributed by atoms with van der Waals surface area (Å²) in [5.74, 6) is -0.284. The number of hydrogen-bond donors (Lipinski definition) is 1. The summed E-state index contributed by atoms with van der Waals surface area (Å²) in [6.45, 7) is 0.392. The van der Waals surface area contributed by atoms with Gasteiger partial charge in [-0.2, -0.15) is 10.4 Å². The van der Waals surface area contributed by atoms with Gasteiger partial charge in [0.25, 0.3) is 11.5 Å². The van der Waals surface area contributed by atoms with E-state index in [4.69, 9.17) is 5.26 Å². The molecule has 2 aromatic carbocycles. The van der Waals surface area contributed by atoms with E-state index in [1.165, 1.54) is 4.68 Å². The van der Waals surface area contributed by atoms with E-state index in [1.807, 2.05) is 36.4 Å². The molecule has 2 aromatic heterocycles. The Balaban J connectivity index is 1.64. The molecule has 0 aliphatic carbocycles. The Labute approximate surface area is 172 Å². The van der Waals surface area contributed by atoms with Gasteiger partial charge >= 0.3 is 0 Å². The van der Waals surface area contributed by atoms with E-state index >= 15 is 0 Å². The van der Waals surface area contributed by atoms with Gasteiger partial charge in [-0.3, -0.25) is 14.6 Å². The number of pyridine rings is 1. The lowest BCUT2D eigenvalue weighted by molar-refractivity contribution is 0.0950. The predicted molar refractivity (Wildman–Crippen MR) is 112 cm³/mol. The second-order valence-electron chi connectivity index (χ2n) is 6.65. The molecule has 7 nitrogen and oxygen atoms in total. The van der Waals surface area contributed by atoms with Crippen molar-refractivity contribution in [1.29, 1.82) is 5.26 Å². The average Bonchev–Trinajstić information content (AvgIpc) is 2.80. The van der Waals surface area contributed by atoms with Crippen LogP contribution in [0.2, 0.25) is 0 Å². The predicted octanol–water partition coefficient (Wildman–Crippen LogP) is 2.64. The van der Waals surface area contributed by atoms with E-state index in [-0.39, 0.29) is 24.6 Å². The molecule has 0 saturated heterocycles. The third-order valence-electron chi connectivity index (χ3n) is 4.67. The standard InChI is InChI=1S/C23H17N5O2/c24-13-16-8-10-17(11-9-16)22(29)26-14-21-19-6-1-2-7-20(19)23(30)28(27-21)15-18-5-3-4-12-25-18/h1-12H,14-15H2,(H,26,29). The molecule has 4 aromatic rings. The highest BCUT2D eigenvalue weighted by Crippen LogP contribution is 2.14. The molecule has 1 N–H and O–H groups in total. The van der Waals surface area contributed by atoms with Gasteiger partial charge in [0.15, 0.2) is 0 Å². The summed E-state index contributed by atoms with van der Waals surface area (Å²) < 4.78 is 1.37. The zero-order valence-electron chi connectivity index (χ0n) is 15.9. The first-order valence-corrected chi connectivity index (χ1v) is 9.33. The quantitative estimate of drug-likeness (QED) is 0.560. The minimum absolute atomic E-state index is 0.155. The summed E-state index contributed by atoms with van der Waals surface area (Å²) in [5.41, 5.74) is 2.03. The van der Waals surface area contributed by atoms with Crippen LogP contribution in [0.4, 0.5) is 0 Å². The number of nitrogens with zero attached hydrogens (tertiary/aromatic N) is 4. The molecule has 0 radical (unpaired) electrons. The molecule has 0 bridgehead atoms. The molecule has 0 aliphatic heterocycles. The molecule has 2 heterocycles. The fraction of sp³-hybridized carbons (Fsp3) is 0.0870. The van der Waals surface area contributed by atoms with Crippen LogP contribution in [-0.4, -0.2) is 20.7 Å². The van der Waals surface area contributed by atoms with E-state index in [0.29, 0.717) is 27.6 Å².